The molecule has 0 spiro atoms. The first-order valence-corrected chi connectivity index (χ1v) is 8.03. The van der Waals surface area contributed by atoms with Gasteiger partial charge in [-0.25, -0.2) is 14.4 Å². The molecule has 3 rings (SSSR count). The second kappa shape index (κ2) is 8.06. The predicted molar refractivity (Wildman–Crippen MR) is 97.3 cm³/mol. The molecule has 0 atom stereocenters. The Hall–Kier alpha value is -3.48. The van der Waals surface area contributed by atoms with Crippen molar-refractivity contribution in [2.45, 2.75) is 6.92 Å². The second-order valence-corrected chi connectivity index (χ2v) is 5.31. The van der Waals surface area contributed by atoms with Gasteiger partial charge < -0.3 is 15.4 Å². The lowest BCUT2D eigenvalue weighted by Crippen LogP contribution is -2.14. The number of para-hydroxylation sites is 2. The van der Waals surface area contributed by atoms with Crippen molar-refractivity contribution < 1.29 is 13.9 Å². The van der Waals surface area contributed by atoms with Crippen molar-refractivity contribution in [2.24, 2.45) is 0 Å². The average Bonchev–Trinajstić information content (AvgIpc) is 2.66. The summed E-state index contributed by atoms with van der Waals surface area (Å²) in [4.78, 5) is 20.6. The topological polar surface area (TPSA) is 76.1 Å². The van der Waals surface area contributed by atoms with Crippen LogP contribution in [0.15, 0.2) is 60.9 Å². The number of hydrogen-bond donors (Lipinski definition) is 2. The highest BCUT2D eigenvalue weighted by Crippen LogP contribution is 2.24. The van der Waals surface area contributed by atoms with Crippen molar-refractivity contribution in [3.63, 3.8) is 0 Å². The molecule has 1 heterocycles. The van der Waals surface area contributed by atoms with Crippen LogP contribution in [0.1, 0.15) is 17.3 Å². The predicted octanol–water partition coefficient (Wildman–Crippen LogP) is 4.01. The Labute approximate surface area is 150 Å². The van der Waals surface area contributed by atoms with Crippen molar-refractivity contribution >= 4 is 23.2 Å². The third-order valence-electron chi connectivity index (χ3n) is 3.45. The third kappa shape index (κ3) is 4.32. The maximum atomic E-state index is 12.9. The fourth-order valence-electron chi connectivity index (χ4n) is 2.22. The monoisotopic (exact) mass is 352 g/mol. The van der Waals surface area contributed by atoms with E-state index in [1.807, 2.05) is 19.1 Å². The minimum Gasteiger partial charge on any atom is -0.492 e. The number of benzene rings is 2. The summed E-state index contributed by atoms with van der Waals surface area (Å²) in [5.74, 6) is 0.239. The molecule has 2 aromatic carbocycles. The number of aromatic nitrogens is 2. The molecule has 0 aliphatic rings. The number of hydrogen-bond acceptors (Lipinski definition) is 5. The number of anilines is 3. The van der Waals surface area contributed by atoms with E-state index in [1.54, 1.807) is 24.3 Å². The van der Waals surface area contributed by atoms with Crippen molar-refractivity contribution in [3.05, 3.63) is 72.3 Å². The zero-order chi connectivity index (χ0) is 18.4. The Morgan fingerprint density at radius 3 is 2.46 bits per heavy atom. The van der Waals surface area contributed by atoms with Crippen molar-refractivity contribution in [2.75, 3.05) is 17.2 Å². The van der Waals surface area contributed by atoms with Gasteiger partial charge in [0, 0.05) is 18.1 Å². The third-order valence-corrected chi connectivity index (χ3v) is 3.45. The zero-order valence-electron chi connectivity index (χ0n) is 14.1. The largest absolute Gasteiger partial charge is 0.492 e. The van der Waals surface area contributed by atoms with Crippen LogP contribution in [0.2, 0.25) is 0 Å². The molecule has 26 heavy (non-hydrogen) atoms. The standard InChI is InChI=1S/C19H17FN4O2/c1-2-26-17-6-4-3-5-16(17)24-18(25)13-11-21-19(22-12-13)23-15-9-7-14(20)8-10-15/h3-12H,2H2,1H3,(H,24,25)(H,21,22,23). The van der Waals surface area contributed by atoms with E-state index in [0.29, 0.717) is 35.2 Å². The van der Waals surface area contributed by atoms with E-state index in [4.69, 9.17) is 4.74 Å². The van der Waals surface area contributed by atoms with Crippen LogP contribution >= 0.6 is 0 Å². The van der Waals surface area contributed by atoms with E-state index >= 15 is 0 Å². The molecule has 2 N–H and O–H groups in total. The highest BCUT2D eigenvalue weighted by atomic mass is 19.1. The molecular formula is C19H17FN4O2. The van der Waals surface area contributed by atoms with Gasteiger partial charge in [-0.3, -0.25) is 4.79 Å². The lowest BCUT2D eigenvalue weighted by molar-refractivity contribution is 0.102. The van der Waals surface area contributed by atoms with Gasteiger partial charge >= 0.3 is 0 Å². The lowest BCUT2D eigenvalue weighted by Gasteiger charge is -2.11. The molecule has 1 aromatic heterocycles. The smallest absolute Gasteiger partial charge is 0.258 e. The number of carbonyl (C=O) groups is 1. The highest BCUT2D eigenvalue weighted by Gasteiger charge is 2.11. The molecule has 0 aliphatic heterocycles. The molecule has 6 nitrogen and oxygen atoms in total. The Kier molecular flexibility index (Phi) is 5.38. The van der Waals surface area contributed by atoms with E-state index < -0.39 is 0 Å². The molecule has 0 unspecified atom stereocenters. The number of carbonyl (C=O) groups excluding carboxylic acids is 1. The molecule has 0 saturated heterocycles. The molecule has 0 aliphatic carbocycles. The number of ether oxygens (including phenoxy) is 1. The molecule has 3 aromatic rings. The fraction of sp³-hybridized carbons (Fsp3) is 0.105. The van der Waals surface area contributed by atoms with Gasteiger partial charge in [0.25, 0.3) is 5.91 Å². The van der Waals surface area contributed by atoms with Crippen LogP contribution in [0.4, 0.5) is 21.7 Å². The highest BCUT2D eigenvalue weighted by molar-refractivity contribution is 6.04. The van der Waals surface area contributed by atoms with Gasteiger partial charge in [0.2, 0.25) is 5.95 Å². The lowest BCUT2D eigenvalue weighted by atomic mass is 10.2. The summed E-state index contributed by atoms with van der Waals surface area (Å²) in [6.07, 6.45) is 2.83. The molecule has 7 heteroatoms. The van der Waals surface area contributed by atoms with Gasteiger partial charge in [-0.1, -0.05) is 12.1 Å². The summed E-state index contributed by atoms with van der Waals surface area (Å²) >= 11 is 0. The van der Waals surface area contributed by atoms with Gasteiger partial charge in [-0.15, -0.1) is 0 Å². The first-order valence-electron chi connectivity index (χ1n) is 8.03. The molecular weight excluding hydrogens is 335 g/mol. The van der Waals surface area contributed by atoms with Gasteiger partial charge in [0.05, 0.1) is 17.9 Å². The number of halogens is 1. The van der Waals surface area contributed by atoms with Crippen LogP contribution in [0.25, 0.3) is 0 Å². The Morgan fingerprint density at radius 1 is 1.08 bits per heavy atom. The van der Waals surface area contributed by atoms with Gasteiger partial charge in [0.1, 0.15) is 11.6 Å². The maximum Gasteiger partial charge on any atom is 0.258 e. The summed E-state index contributed by atoms with van der Waals surface area (Å²) in [6, 6.07) is 13.0. The van der Waals surface area contributed by atoms with Crippen molar-refractivity contribution in [1.82, 2.24) is 9.97 Å². The number of nitrogens with one attached hydrogen (secondary N) is 2. The van der Waals surface area contributed by atoms with Crippen LogP contribution in [0.3, 0.4) is 0 Å². The summed E-state index contributed by atoms with van der Waals surface area (Å²) in [6.45, 7) is 2.37. The summed E-state index contributed by atoms with van der Waals surface area (Å²) < 4.78 is 18.4. The van der Waals surface area contributed by atoms with Crippen molar-refractivity contribution in [3.8, 4) is 5.75 Å². The Morgan fingerprint density at radius 2 is 1.77 bits per heavy atom. The van der Waals surface area contributed by atoms with E-state index in [1.165, 1.54) is 24.5 Å². The number of nitrogens with zero attached hydrogens (tertiary/aromatic N) is 2. The molecule has 132 valence electrons. The van der Waals surface area contributed by atoms with E-state index in [-0.39, 0.29) is 11.7 Å². The minimum absolute atomic E-state index is 0.306. The van der Waals surface area contributed by atoms with E-state index in [0.717, 1.165) is 0 Å². The summed E-state index contributed by atoms with van der Waals surface area (Å²) in [5, 5.41) is 5.71. The fourth-order valence-corrected chi connectivity index (χ4v) is 2.22. The zero-order valence-corrected chi connectivity index (χ0v) is 14.1. The number of amides is 1. The molecule has 0 fully saturated rings. The van der Waals surface area contributed by atoms with Crippen LogP contribution in [-0.2, 0) is 0 Å². The molecule has 1 amide bonds. The van der Waals surface area contributed by atoms with Crippen LogP contribution in [0.5, 0.6) is 5.75 Å². The van der Waals surface area contributed by atoms with Gasteiger partial charge in [-0.05, 0) is 43.3 Å². The van der Waals surface area contributed by atoms with Crippen LogP contribution < -0.4 is 15.4 Å². The first-order chi connectivity index (χ1) is 12.7. The molecule has 0 saturated carbocycles. The SMILES string of the molecule is CCOc1ccccc1NC(=O)c1cnc(Nc2ccc(F)cc2)nc1. The number of rotatable bonds is 6. The quantitative estimate of drug-likeness (QED) is 0.701. The van der Waals surface area contributed by atoms with Gasteiger partial charge in [0.15, 0.2) is 0 Å². The molecule has 0 radical (unpaired) electrons. The van der Waals surface area contributed by atoms with Crippen LogP contribution in [-0.4, -0.2) is 22.5 Å². The minimum atomic E-state index is -0.342. The summed E-state index contributed by atoms with van der Waals surface area (Å²) in [5.41, 5.74) is 1.53. The van der Waals surface area contributed by atoms with Crippen LogP contribution in [0, 0.1) is 5.82 Å². The normalized spacial score (nSPS) is 10.2. The summed E-state index contributed by atoms with van der Waals surface area (Å²) in [7, 11) is 0. The second-order valence-electron chi connectivity index (χ2n) is 5.31. The van der Waals surface area contributed by atoms with E-state index in [9.17, 15) is 9.18 Å². The Balaban J connectivity index is 1.68. The maximum absolute atomic E-state index is 12.9. The van der Waals surface area contributed by atoms with Gasteiger partial charge in [-0.2, -0.15) is 0 Å². The first kappa shape index (κ1) is 17.3. The average molecular weight is 352 g/mol. The molecule has 0 bridgehead atoms. The Bertz CT molecular complexity index is 883. The van der Waals surface area contributed by atoms with Crippen molar-refractivity contribution in [1.29, 1.82) is 0 Å². The van der Waals surface area contributed by atoms with E-state index in [2.05, 4.69) is 20.6 Å².